The number of likely N-dealkylation sites (N-methyl/N-ethyl adjacent to an activating group) is 1. The fourth-order valence-electron chi connectivity index (χ4n) is 2.65. The number of pyridine rings is 1. The Bertz CT molecular complexity index is 413. The lowest BCUT2D eigenvalue weighted by Crippen LogP contribution is -2.53. The highest BCUT2D eigenvalue weighted by atomic mass is 32.2. The van der Waals surface area contributed by atoms with Gasteiger partial charge in [-0.05, 0) is 38.1 Å². The predicted octanol–water partition coefficient (Wildman–Crippen LogP) is 1.62. The monoisotopic (exact) mass is 294 g/mol. The fourth-order valence-corrected chi connectivity index (χ4v) is 3.96. The first-order valence-corrected chi connectivity index (χ1v) is 8.57. The second-order valence-corrected chi connectivity index (χ2v) is 6.61. The van der Waals surface area contributed by atoms with Crippen LogP contribution in [0.5, 0.6) is 0 Å². The molecule has 1 aromatic rings. The van der Waals surface area contributed by atoms with E-state index in [-0.39, 0.29) is 0 Å². The molecule has 1 aliphatic rings. The molecule has 2 rings (SSSR count). The summed E-state index contributed by atoms with van der Waals surface area (Å²) in [6, 6.07) is 2.91. The van der Waals surface area contributed by atoms with Gasteiger partial charge in [-0.15, -0.1) is 0 Å². The van der Waals surface area contributed by atoms with E-state index in [0.717, 1.165) is 30.6 Å². The van der Waals surface area contributed by atoms with Crippen molar-refractivity contribution in [3.05, 3.63) is 24.0 Å². The molecule has 0 amide bonds. The summed E-state index contributed by atoms with van der Waals surface area (Å²) in [4.78, 5) is 6.70. The first-order valence-electron chi connectivity index (χ1n) is 7.42. The molecule has 2 atom stereocenters. The summed E-state index contributed by atoms with van der Waals surface area (Å²) >= 11 is 2.05. The van der Waals surface area contributed by atoms with Gasteiger partial charge in [-0.3, -0.25) is 4.98 Å². The molecule has 1 saturated heterocycles. The number of thioether (sulfide) groups is 1. The molecule has 2 unspecified atom stereocenters. The Morgan fingerprint density at radius 1 is 1.60 bits per heavy atom. The Kier molecular flexibility index (Phi) is 6.13. The average Bonchev–Trinajstić information content (AvgIpc) is 2.46. The van der Waals surface area contributed by atoms with Crippen LogP contribution in [0.15, 0.2) is 18.5 Å². The Hall–Kier alpha value is -0.780. The normalized spacial score (nSPS) is 21.8. The maximum Gasteiger partial charge on any atom is 0.0378 e. The van der Waals surface area contributed by atoms with Crippen molar-refractivity contribution in [1.29, 1.82) is 0 Å². The predicted molar refractivity (Wildman–Crippen MR) is 88.2 cm³/mol. The molecular formula is C15H26N4S. The molecule has 1 aromatic heterocycles. The van der Waals surface area contributed by atoms with Crippen LogP contribution < -0.4 is 11.1 Å². The summed E-state index contributed by atoms with van der Waals surface area (Å²) in [6.45, 7) is 4.43. The van der Waals surface area contributed by atoms with E-state index in [1.807, 2.05) is 12.3 Å². The highest BCUT2D eigenvalue weighted by Gasteiger charge is 2.28. The van der Waals surface area contributed by atoms with Gasteiger partial charge in [0, 0.05) is 48.2 Å². The number of rotatable bonds is 6. The van der Waals surface area contributed by atoms with E-state index in [4.69, 9.17) is 5.73 Å². The van der Waals surface area contributed by atoms with Gasteiger partial charge in [-0.1, -0.05) is 6.92 Å². The summed E-state index contributed by atoms with van der Waals surface area (Å²) in [6.07, 6.45) is 5.78. The molecule has 0 spiro atoms. The second kappa shape index (κ2) is 7.86. The Morgan fingerprint density at radius 2 is 2.45 bits per heavy atom. The maximum absolute atomic E-state index is 6.08. The number of hydrogen-bond acceptors (Lipinski definition) is 5. The van der Waals surface area contributed by atoms with Gasteiger partial charge in [0.2, 0.25) is 0 Å². The Morgan fingerprint density at radius 3 is 3.15 bits per heavy atom. The van der Waals surface area contributed by atoms with Crippen LogP contribution in [0.1, 0.15) is 18.9 Å². The molecule has 2 heterocycles. The van der Waals surface area contributed by atoms with Gasteiger partial charge in [0.1, 0.15) is 0 Å². The smallest absolute Gasteiger partial charge is 0.0378 e. The molecule has 1 aliphatic heterocycles. The number of aromatic nitrogens is 1. The van der Waals surface area contributed by atoms with Crippen molar-refractivity contribution in [3.8, 4) is 0 Å². The zero-order chi connectivity index (χ0) is 14.4. The molecule has 0 radical (unpaired) electrons. The third-order valence-corrected chi connectivity index (χ3v) is 4.99. The first kappa shape index (κ1) is 15.6. The van der Waals surface area contributed by atoms with Crippen LogP contribution >= 0.6 is 11.8 Å². The number of nitrogens with two attached hydrogens (primary N) is 1. The molecule has 0 aromatic carbocycles. The molecule has 0 aliphatic carbocycles. The summed E-state index contributed by atoms with van der Waals surface area (Å²) in [5, 5.41) is 3.71. The van der Waals surface area contributed by atoms with E-state index in [1.54, 1.807) is 6.20 Å². The number of anilines is 1. The van der Waals surface area contributed by atoms with Crippen molar-refractivity contribution < 1.29 is 0 Å². The largest absolute Gasteiger partial charge is 0.398 e. The molecule has 0 bridgehead atoms. The van der Waals surface area contributed by atoms with E-state index in [9.17, 15) is 0 Å². The van der Waals surface area contributed by atoms with E-state index in [2.05, 4.69) is 40.9 Å². The summed E-state index contributed by atoms with van der Waals surface area (Å²) in [7, 11) is 2.23. The number of nitrogens with one attached hydrogen (secondary N) is 1. The first-order chi connectivity index (χ1) is 9.72. The molecule has 20 heavy (non-hydrogen) atoms. The van der Waals surface area contributed by atoms with Crippen molar-refractivity contribution in [3.63, 3.8) is 0 Å². The molecule has 0 saturated carbocycles. The van der Waals surface area contributed by atoms with Crippen LogP contribution in [0, 0.1) is 0 Å². The highest BCUT2D eigenvalue weighted by Crippen LogP contribution is 2.21. The minimum atomic E-state index is 0.444. The molecule has 1 fully saturated rings. The van der Waals surface area contributed by atoms with Crippen molar-refractivity contribution >= 4 is 17.4 Å². The van der Waals surface area contributed by atoms with Gasteiger partial charge < -0.3 is 16.0 Å². The van der Waals surface area contributed by atoms with Crippen LogP contribution in [0.3, 0.4) is 0 Å². The lowest BCUT2D eigenvalue weighted by atomic mass is 9.99. The van der Waals surface area contributed by atoms with Crippen LogP contribution in [0.4, 0.5) is 5.69 Å². The van der Waals surface area contributed by atoms with E-state index in [1.165, 1.54) is 18.1 Å². The molecule has 112 valence electrons. The molecule has 3 N–H and O–H groups in total. The van der Waals surface area contributed by atoms with Gasteiger partial charge >= 0.3 is 0 Å². The fraction of sp³-hybridized carbons (Fsp3) is 0.667. The third kappa shape index (κ3) is 4.11. The lowest BCUT2D eigenvalue weighted by Gasteiger charge is -2.38. The summed E-state index contributed by atoms with van der Waals surface area (Å²) in [5.41, 5.74) is 8.09. The Balaban J connectivity index is 2.08. The number of nitrogens with zero attached hydrogens (tertiary/aromatic N) is 2. The van der Waals surface area contributed by atoms with Crippen LogP contribution in [-0.2, 0) is 6.42 Å². The molecular weight excluding hydrogens is 268 g/mol. The van der Waals surface area contributed by atoms with Gasteiger partial charge in [0.05, 0.1) is 0 Å². The topological polar surface area (TPSA) is 54.2 Å². The standard InChI is InChI=1S/C15H26N4S/c1-3-5-18-14(15-11-20-8-7-19(15)2)9-12-10-17-6-4-13(12)16/h4,6,10,14-15,18H,3,5,7-9,11H2,1-2H3,(H2,16,17). The van der Waals surface area contributed by atoms with Crippen molar-refractivity contribution in [1.82, 2.24) is 15.2 Å². The van der Waals surface area contributed by atoms with Crippen molar-refractivity contribution in [2.75, 3.05) is 37.4 Å². The highest BCUT2D eigenvalue weighted by molar-refractivity contribution is 7.99. The van der Waals surface area contributed by atoms with Gasteiger partial charge in [-0.25, -0.2) is 0 Å². The zero-order valence-corrected chi connectivity index (χ0v) is 13.3. The second-order valence-electron chi connectivity index (χ2n) is 5.46. The minimum absolute atomic E-state index is 0.444. The van der Waals surface area contributed by atoms with E-state index in [0.29, 0.717) is 12.1 Å². The van der Waals surface area contributed by atoms with Gasteiger partial charge in [0.15, 0.2) is 0 Å². The number of hydrogen-bond donors (Lipinski definition) is 2. The third-order valence-electron chi connectivity index (χ3n) is 3.95. The lowest BCUT2D eigenvalue weighted by molar-refractivity contribution is 0.213. The number of nitrogen functional groups attached to an aromatic ring is 1. The summed E-state index contributed by atoms with van der Waals surface area (Å²) in [5.74, 6) is 2.43. The van der Waals surface area contributed by atoms with Gasteiger partial charge in [-0.2, -0.15) is 11.8 Å². The quantitative estimate of drug-likeness (QED) is 0.835. The van der Waals surface area contributed by atoms with Crippen LogP contribution in [-0.4, -0.2) is 53.6 Å². The maximum atomic E-state index is 6.08. The Labute approximate surface area is 126 Å². The van der Waals surface area contributed by atoms with Crippen molar-refractivity contribution in [2.45, 2.75) is 31.8 Å². The SMILES string of the molecule is CCCNC(Cc1cnccc1N)C1CSCCN1C. The van der Waals surface area contributed by atoms with E-state index >= 15 is 0 Å². The van der Waals surface area contributed by atoms with Crippen molar-refractivity contribution in [2.24, 2.45) is 0 Å². The van der Waals surface area contributed by atoms with Crippen LogP contribution in [0.25, 0.3) is 0 Å². The van der Waals surface area contributed by atoms with E-state index < -0.39 is 0 Å². The molecule has 4 nitrogen and oxygen atoms in total. The minimum Gasteiger partial charge on any atom is -0.398 e. The summed E-state index contributed by atoms with van der Waals surface area (Å²) < 4.78 is 0. The molecule has 5 heteroatoms. The zero-order valence-electron chi connectivity index (χ0n) is 12.5. The average molecular weight is 294 g/mol. The van der Waals surface area contributed by atoms with Gasteiger partial charge in [0.25, 0.3) is 0 Å². The van der Waals surface area contributed by atoms with Crippen LogP contribution in [0.2, 0.25) is 0 Å².